The summed E-state index contributed by atoms with van der Waals surface area (Å²) < 4.78 is 3.50. The minimum Gasteiger partial charge on any atom is -0.348 e. The molecule has 0 bridgehead atoms. The van der Waals surface area contributed by atoms with Gasteiger partial charge in [-0.1, -0.05) is 30.3 Å². The highest BCUT2D eigenvalue weighted by molar-refractivity contribution is 5.95. The number of aryl methyl sites for hydroxylation is 1. The second-order valence-electron chi connectivity index (χ2n) is 6.81. The Balaban J connectivity index is 1.37. The first kappa shape index (κ1) is 18.0. The van der Waals surface area contributed by atoms with Gasteiger partial charge < -0.3 is 10.6 Å². The second kappa shape index (κ2) is 7.67. The van der Waals surface area contributed by atoms with Crippen LogP contribution in [0.3, 0.4) is 0 Å². The van der Waals surface area contributed by atoms with Gasteiger partial charge in [0.15, 0.2) is 0 Å². The molecule has 1 aliphatic rings. The molecule has 1 aromatic carbocycles. The van der Waals surface area contributed by atoms with E-state index in [-0.39, 0.29) is 17.9 Å². The molecule has 1 aliphatic heterocycles. The van der Waals surface area contributed by atoms with Crippen LogP contribution in [0.25, 0.3) is 0 Å². The number of nitrogens with zero attached hydrogens (tertiary/aromatic N) is 4. The van der Waals surface area contributed by atoms with Gasteiger partial charge in [-0.2, -0.15) is 10.2 Å². The zero-order chi connectivity index (χ0) is 19.5. The number of aromatic nitrogens is 4. The van der Waals surface area contributed by atoms with E-state index < -0.39 is 0 Å². The number of nitrogens with one attached hydrogen (secondary N) is 2. The van der Waals surface area contributed by atoms with Gasteiger partial charge in [0.1, 0.15) is 0 Å². The predicted octanol–water partition coefficient (Wildman–Crippen LogP) is 1.38. The minimum atomic E-state index is -0.162. The Morgan fingerprint density at radius 1 is 1.14 bits per heavy atom. The average Bonchev–Trinajstić information content (AvgIpc) is 3.42. The second-order valence-corrected chi connectivity index (χ2v) is 6.81. The summed E-state index contributed by atoms with van der Waals surface area (Å²) in [7, 11) is 0. The molecule has 0 radical (unpaired) electrons. The van der Waals surface area contributed by atoms with E-state index in [2.05, 4.69) is 20.8 Å². The van der Waals surface area contributed by atoms with Crippen molar-refractivity contribution in [2.75, 3.05) is 0 Å². The maximum absolute atomic E-state index is 12.6. The maximum atomic E-state index is 12.6. The van der Waals surface area contributed by atoms with Crippen molar-refractivity contribution in [3.05, 3.63) is 71.3 Å². The molecule has 2 amide bonds. The largest absolute Gasteiger partial charge is 0.348 e. The lowest BCUT2D eigenvalue weighted by atomic mass is 10.1. The Labute approximate surface area is 162 Å². The van der Waals surface area contributed by atoms with E-state index in [9.17, 15) is 9.59 Å². The number of amides is 2. The molecule has 0 aliphatic carbocycles. The number of rotatable bonds is 6. The fourth-order valence-corrected chi connectivity index (χ4v) is 3.37. The number of hydrogen-bond acceptors (Lipinski definition) is 4. The summed E-state index contributed by atoms with van der Waals surface area (Å²) in [5.41, 5.74) is 2.98. The molecule has 1 unspecified atom stereocenters. The van der Waals surface area contributed by atoms with Gasteiger partial charge in [-0.3, -0.25) is 19.0 Å². The number of carbonyl (C=O) groups excluding carboxylic acids is 2. The van der Waals surface area contributed by atoms with Gasteiger partial charge in [0.2, 0.25) is 0 Å². The van der Waals surface area contributed by atoms with Gasteiger partial charge in [-0.15, -0.1) is 0 Å². The van der Waals surface area contributed by atoms with Gasteiger partial charge >= 0.3 is 0 Å². The summed E-state index contributed by atoms with van der Waals surface area (Å²) in [5, 5.41) is 14.4. The van der Waals surface area contributed by atoms with Gasteiger partial charge in [0.25, 0.3) is 11.8 Å². The van der Waals surface area contributed by atoms with Crippen molar-refractivity contribution in [3.8, 4) is 0 Å². The first-order chi connectivity index (χ1) is 13.6. The molecule has 3 heterocycles. The molecule has 8 heteroatoms. The summed E-state index contributed by atoms with van der Waals surface area (Å²) in [6.07, 6.45) is 5.46. The van der Waals surface area contributed by atoms with E-state index in [0.717, 1.165) is 11.3 Å². The van der Waals surface area contributed by atoms with Crippen LogP contribution in [0.5, 0.6) is 0 Å². The smallest absolute Gasteiger partial charge is 0.255 e. The van der Waals surface area contributed by atoms with Crippen molar-refractivity contribution < 1.29 is 9.59 Å². The predicted molar refractivity (Wildman–Crippen MR) is 103 cm³/mol. The van der Waals surface area contributed by atoms with Gasteiger partial charge in [0, 0.05) is 25.7 Å². The fourth-order valence-electron chi connectivity index (χ4n) is 3.37. The Morgan fingerprint density at radius 3 is 2.71 bits per heavy atom. The van der Waals surface area contributed by atoms with Crippen LogP contribution in [0.15, 0.2) is 48.9 Å². The number of benzene rings is 1. The fraction of sp³-hybridized carbons (Fsp3) is 0.300. The van der Waals surface area contributed by atoms with Crippen LogP contribution in [0.2, 0.25) is 0 Å². The van der Waals surface area contributed by atoms with Crippen LogP contribution in [0.1, 0.15) is 38.9 Å². The summed E-state index contributed by atoms with van der Waals surface area (Å²) >= 11 is 0. The number of carbonyl (C=O) groups is 2. The Morgan fingerprint density at radius 2 is 1.96 bits per heavy atom. The van der Waals surface area contributed by atoms with Gasteiger partial charge in [0.05, 0.1) is 41.8 Å². The Hall–Kier alpha value is -3.42. The standard InChI is InChI=1S/C20H22N6O2/c1-2-25-12-15(10-22-25)19(27)24-16-8-18-17(11-23-26(18)13-16)20(28)21-9-14-6-4-3-5-7-14/h3-7,10-12,16H,2,8-9,13H2,1H3,(H,21,28)(H,24,27). The van der Waals surface area contributed by atoms with Crippen LogP contribution < -0.4 is 10.6 Å². The molecule has 4 rings (SSSR count). The molecular weight excluding hydrogens is 356 g/mol. The molecular formula is C20H22N6O2. The molecule has 2 N–H and O–H groups in total. The van der Waals surface area contributed by atoms with E-state index in [0.29, 0.717) is 37.2 Å². The lowest BCUT2D eigenvalue weighted by Gasteiger charge is -2.10. The quantitative estimate of drug-likeness (QED) is 0.678. The van der Waals surface area contributed by atoms with Crippen molar-refractivity contribution in [1.29, 1.82) is 0 Å². The molecule has 2 aromatic heterocycles. The Bertz CT molecular complexity index is 991. The van der Waals surface area contributed by atoms with Crippen molar-refractivity contribution in [2.45, 2.75) is 39.0 Å². The van der Waals surface area contributed by atoms with E-state index in [1.807, 2.05) is 37.3 Å². The van der Waals surface area contributed by atoms with E-state index in [1.165, 1.54) is 0 Å². The highest BCUT2D eigenvalue weighted by Gasteiger charge is 2.29. The van der Waals surface area contributed by atoms with E-state index in [1.54, 1.807) is 28.0 Å². The normalized spacial score (nSPS) is 15.2. The Kier molecular flexibility index (Phi) is 4.92. The van der Waals surface area contributed by atoms with Crippen molar-refractivity contribution in [2.24, 2.45) is 0 Å². The lowest BCUT2D eigenvalue weighted by Crippen LogP contribution is -2.36. The van der Waals surface area contributed by atoms with Crippen LogP contribution in [0, 0.1) is 0 Å². The molecule has 0 spiro atoms. The minimum absolute atomic E-state index is 0.0955. The van der Waals surface area contributed by atoms with E-state index in [4.69, 9.17) is 0 Å². The zero-order valence-corrected chi connectivity index (χ0v) is 15.6. The summed E-state index contributed by atoms with van der Waals surface area (Å²) in [5.74, 6) is -0.313. The number of fused-ring (bicyclic) bond motifs is 1. The molecule has 0 saturated carbocycles. The first-order valence-corrected chi connectivity index (χ1v) is 9.34. The van der Waals surface area contributed by atoms with Crippen LogP contribution in [-0.4, -0.2) is 37.4 Å². The monoisotopic (exact) mass is 378 g/mol. The lowest BCUT2D eigenvalue weighted by molar-refractivity contribution is 0.0934. The summed E-state index contributed by atoms with van der Waals surface area (Å²) in [6.45, 7) is 3.70. The third kappa shape index (κ3) is 3.66. The van der Waals surface area contributed by atoms with Crippen molar-refractivity contribution in [1.82, 2.24) is 30.2 Å². The van der Waals surface area contributed by atoms with Gasteiger partial charge in [-0.25, -0.2) is 0 Å². The highest BCUT2D eigenvalue weighted by Crippen LogP contribution is 2.19. The van der Waals surface area contributed by atoms with Crippen LogP contribution in [0.4, 0.5) is 0 Å². The van der Waals surface area contributed by atoms with Crippen molar-refractivity contribution in [3.63, 3.8) is 0 Å². The molecule has 8 nitrogen and oxygen atoms in total. The third-order valence-electron chi connectivity index (χ3n) is 4.88. The molecule has 28 heavy (non-hydrogen) atoms. The molecule has 144 valence electrons. The SMILES string of the molecule is CCn1cc(C(=O)NC2Cc3c(C(=O)NCc4ccccc4)cnn3C2)cn1. The molecule has 3 aromatic rings. The van der Waals surface area contributed by atoms with Gasteiger partial charge in [-0.05, 0) is 12.5 Å². The highest BCUT2D eigenvalue weighted by atomic mass is 16.2. The van der Waals surface area contributed by atoms with E-state index >= 15 is 0 Å². The van der Waals surface area contributed by atoms with Crippen LogP contribution in [-0.2, 0) is 26.1 Å². The summed E-state index contributed by atoms with van der Waals surface area (Å²) in [6, 6.07) is 9.66. The topological polar surface area (TPSA) is 93.8 Å². The molecule has 1 atom stereocenters. The van der Waals surface area contributed by atoms with Crippen LogP contribution >= 0.6 is 0 Å². The number of hydrogen-bond donors (Lipinski definition) is 2. The van der Waals surface area contributed by atoms with Crippen molar-refractivity contribution >= 4 is 11.8 Å². The zero-order valence-electron chi connectivity index (χ0n) is 15.6. The first-order valence-electron chi connectivity index (χ1n) is 9.34. The molecule has 0 saturated heterocycles. The average molecular weight is 378 g/mol. The third-order valence-corrected chi connectivity index (χ3v) is 4.88. The summed E-state index contributed by atoms with van der Waals surface area (Å²) in [4.78, 5) is 25.0. The molecule has 0 fully saturated rings. The maximum Gasteiger partial charge on any atom is 0.255 e.